The molecular weight excluding hydrogens is 350 g/mol. The second-order valence-corrected chi connectivity index (χ2v) is 7.60. The third-order valence-corrected chi connectivity index (χ3v) is 5.17. The van der Waals surface area contributed by atoms with Crippen LogP contribution in [0.15, 0.2) is 24.3 Å². The first kappa shape index (κ1) is 17.1. The molecule has 3 aromatic rings. The number of morpholine rings is 1. The largest absolute Gasteiger partial charge is 0.508 e. The normalized spacial score (nSPS) is 15.1. The van der Waals surface area contributed by atoms with Crippen molar-refractivity contribution in [3.63, 3.8) is 0 Å². The van der Waals surface area contributed by atoms with Gasteiger partial charge >= 0.3 is 0 Å². The van der Waals surface area contributed by atoms with Gasteiger partial charge in [-0.1, -0.05) is 12.1 Å². The van der Waals surface area contributed by atoms with Gasteiger partial charge in [0.2, 0.25) is 0 Å². The molecule has 0 atom stereocenters. The third-order valence-electron chi connectivity index (χ3n) is 4.15. The molecule has 1 aliphatic heterocycles. The van der Waals surface area contributed by atoms with Crippen LogP contribution in [-0.4, -0.2) is 65.4 Å². The topological polar surface area (TPSA) is 74.6 Å². The lowest BCUT2D eigenvalue weighted by Gasteiger charge is -2.28. The summed E-state index contributed by atoms with van der Waals surface area (Å²) in [5.41, 5.74) is 1.49. The van der Waals surface area contributed by atoms with Crippen molar-refractivity contribution < 1.29 is 9.84 Å². The van der Waals surface area contributed by atoms with Gasteiger partial charge < -0.3 is 19.6 Å². The van der Waals surface area contributed by atoms with Crippen molar-refractivity contribution in [3.8, 4) is 17.1 Å². The van der Waals surface area contributed by atoms with Crippen LogP contribution in [0.5, 0.6) is 5.75 Å². The summed E-state index contributed by atoms with van der Waals surface area (Å²) in [4.78, 5) is 18.6. The molecule has 0 bridgehead atoms. The zero-order chi connectivity index (χ0) is 18.1. The standard InChI is InChI=1S/C18H21N5O2S/c1-22(2)11-14-19-17-15(26-14)18(23-6-8-25-9-7-23)21-16(20-17)12-4-3-5-13(24)10-12/h3-5,10,24H,6-9,11H2,1-2H3. The molecule has 8 heteroatoms. The number of phenols is 1. The highest BCUT2D eigenvalue weighted by molar-refractivity contribution is 7.19. The fourth-order valence-electron chi connectivity index (χ4n) is 2.95. The van der Waals surface area contributed by atoms with Gasteiger partial charge in [-0.2, -0.15) is 0 Å². The lowest BCUT2D eigenvalue weighted by Crippen LogP contribution is -2.36. The molecule has 0 radical (unpaired) electrons. The van der Waals surface area contributed by atoms with E-state index in [0.717, 1.165) is 40.7 Å². The van der Waals surface area contributed by atoms with Gasteiger partial charge in [0, 0.05) is 25.2 Å². The second kappa shape index (κ2) is 7.14. The highest BCUT2D eigenvalue weighted by Gasteiger charge is 2.21. The Hall–Kier alpha value is -2.29. The minimum atomic E-state index is 0.200. The monoisotopic (exact) mass is 371 g/mol. The van der Waals surface area contributed by atoms with Crippen molar-refractivity contribution in [2.45, 2.75) is 6.54 Å². The molecule has 1 aromatic carbocycles. The van der Waals surface area contributed by atoms with E-state index in [9.17, 15) is 5.11 Å². The molecule has 4 rings (SSSR count). The van der Waals surface area contributed by atoms with Crippen molar-refractivity contribution in [1.29, 1.82) is 0 Å². The number of phenolic OH excluding ortho intramolecular Hbond substituents is 1. The van der Waals surface area contributed by atoms with Gasteiger partial charge in [-0.25, -0.2) is 15.0 Å². The van der Waals surface area contributed by atoms with Crippen LogP contribution >= 0.6 is 11.3 Å². The van der Waals surface area contributed by atoms with Crippen LogP contribution in [0.1, 0.15) is 5.01 Å². The van der Waals surface area contributed by atoms with Crippen LogP contribution in [0, 0.1) is 0 Å². The van der Waals surface area contributed by atoms with Crippen molar-refractivity contribution in [3.05, 3.63) is 29.3 Å². The first-order valence-electron chi connectivity index (χ1n) is 8.54. The van der Waals surface area contributed by atoms with Crippen molar-refractivity contribution >= 4 is 27.5 Å². The van der Waals surface area contributed by atoms with Crippen molar-refractivity contribution in [2.24, 2.45) is 0 Å². The van der Waals surface area contributed by atoms with Gasteiger partial charge in [0.25, 0.3) is 0 Å². The molecule has 0 unspecified atom stereocenters. The Morgan fingerprint density at radius 1 is 1.19 bits per heavy atom. The number of ether oxygens (including phenoxy) is 1. The summed E-state index contributed by atoms with van der Waals surface area (Å²) in [6.45, 7) is 3.75. The van der Waals surface area contributed by atoms with Gasteiger partial charge in [-0.05, 0) is 26.2 Å². The summed E-state index contributed by atoms with van der Waals surface area (Å²) in [6.07, 6.45) is 0. The van der Waals surface area contributed by atoms with E-state index >= 15 is 0 Å². The van der Waals surface area contributed by atoms with Crippen molar-refractivity contribution in [2.75, 3.05) is 45.3 Å². The number of aromatic hydroxyl groups is 1. The molecule has 7 nitrogen and oxygen atoms in total. The first-order valence-corrected chi connectivity index (χ1v) is 9.36. The Kier molecular flexibility index (Phi) is 4.71. The molecule has 1 saturated heterocycles. The van der Waals surface area contributed by atoms with E-state index in [1.807, 2.05) is 20.2 Å². The van der Waals surface area contributed by atoms with E-state index in [2.05, 4.69) is 14.8 Å². The SMILES string of the molecule is CN(C)Cc1nc2nc(-c3cccc(O)c3)nc(N3CCOCC3)c2s1. The summed E-state index contributed by atoms with van der Waals surface area (Å²) < 4.78 is 6.49. The number of fused-ring (bicyclic) bond motifs is 1. The molecule has 0 amide bonds. The van der Waals surface area contributed by atoms with E-state index in [0.29, 0.717) is 24.7 Å². The van der Waals surface area contributed by atoms with Crippen LogP contribution in [0.25, 0.3) is 21.7 Å². The first-order chi connectivity index (χ1) is 12.6. The molecule has 0 saturated carbocycles. The van der Waals surface area contributed by atoms with Crippen molar-refractivity contribution in [1.82, 2.24) is 19.9 Å². The van der Waals surface area contributed by atoms with Crippen LogP contribution < -0.4 is 4.90 Å². The van der Waals surface area contributed by atoms with E-state index < -0.39 is 0 Å². The minimum absolute atomic E-state index is 0.200. The molecule has 1 fully saturated rings. The van der Waals surface area contributed by atoms with Crippen LogP contribution in [0.2, 0.25) is 0 Å². The highest BCUT2D eigenvalue weighted by atomic mass is 32.1. The van der Waals surface area contributed by atoms with Gasteiger partial charge in [0.1, 0.15) is 15.5 Å². The predicted molar refractivity (Wildman–Crippen MR) is 103 cm³/mol. The summed E-state index contributed by atoms with van der Waals surface area (Å²) in [6, 6.07) is 7.02. The molecule has 26 heavy (non-hydrogen) atoms. The summed E-state index contributed by atoms with van der Waals surface area (Å²) >= 11 is 1.64. The van der Waals surface area contributed by atoms with Crippen LogP contribution in [0.3, 0.4) is 0 Å². The van der Waals surface area contributed by atoms with Gasteiger partial charge in [-0.15, -0.1) is 11.3 Å². The van der Waals surface area contributed by atoms with Crippen LogP contribution in [0.4, 0.5) is 5.82 Å². The Morgan fingerprint density at radius 3 is 2.73 bits per heavy atom. The quantitative estimate of drug-likeness (QED) is 0.754. The minimum Gasteiger partial charge on any atom is -0.508 e. The molecule has 136 valence electrons. The zero-order valence-electron chi connectivity index (χ0n) is 14.8. The average molecular weight is 371 g/mol. The zero-order valence-corrected chi connectivity index (χ0v) is 15.7. The Morgan fingerprint density at radius 2 is 2.00 bits per heavy atom. The summed E-state index contributed by atoms with van der Waals surface area (Å²) in [5, 5.41) is 10.8. The molecule has 0 spiro atoms. The van der Waals surface area contributed by atoms with Gasteiger partial charge in [0.15, 0.2) is 17.3 Å². The van der Waals surface area contributed by atoms with E-state index in [1.165, 1.54) is 0 Å². The smallest absolute Gasteiger partial charge is 0.176 e. The Bertz CT molecular complexity index is 921. The number of hydrogen-bond donors (Lipinski definition) is 1. The number of hydrogen-bond acceptors (Lipinski definition) is 8. The fraction of sp³-hybridized carbons (Fsp3) is 0.389. The number of benzene rings is 1. The maximum Gasteiger partial charge on any atom is 0.176 e. The third kappa shape index (κ3) is 3.48. The lowest BCUT2D eigenvalue weighted by molar-refractivity contribution is 0.122. The lowest BCUT2D eigenvalue weighted by atomic mass is 10.2. The van der Waals surface area contributed by atoms with E-state index in [1.54, 1.807) is 29.5 Å². The molecule has 0 aliphatic carbocycles. The Balaban J connectivity index is 1.85. The van der Waals surface area contributed by atoms with E-state index in [-0.39, 0.29) is 5.75 Å². The molecule has 1 N–H and O–H groups in total. The maximum atomic E-state index is 9.81. The number of nitrogens with zero attached hydrogens (tertiary/aromatic N) is 5. The number of anilines is 1. The maximum absolute atomic E-state index is 9.81. The summed E-state index contributed by atoms with van der Waals surface area (Å²) in [7, 11) is 4.05. The van der Waals surface area contributed by atoms with Crippen LogP contribution in [-0.2, 0) is 11.3 Å². The second-order valence-electron chi connectivity index (χ2n) is 6.52. The molecule has 1 aliphatic rings. The fourth-order valence-corrected chi connectivity index (χ4v) is 4.09. The van der Waals surface area contributed by atoms with Gasteiger partial charge in [-0.3, -0.25) is 0 Å². The number of thiazole rings is 1. The van der Waals surface area contributed by atoms with Gasteiger partial charge in [0.05, 0.1) is 13.2 Å². The molecule has 2 aromatic heterocycles. The average Bonchev–Trinajstić information content (AvgIpc) is 3.03. The highest BCUT2D eigenvalue weighted by Crippen LogP contribution is 2.33. The number of aromatic nitrogens is 3. The summed E-state index contributed by atoms with van der Waals surface area (Å²) in [5.74, 6) is 1.68. The Labute approximate surface area is 155 Å². The number of rotatable bonds is 4. The predicted octanol–water partition coefficient (Wildman–Crippen LogP) is 2.36. The van der Waals surface area contributed by atoms with E-state index in [4.69, 9.17) is 14.7 Å². The molecular formula is C18H21N5O2S. The molecule has 3 heterocycles.